The van der Waals surface area contributed by atoms with Gasteiger partial charge in [0.2, 0.25) is 0 Å². The molecule has 0 saturated heterocycles. The van der Waals surface area contributed by atoms with Gasteiger partial charge in [-0.2, -0.15) is 26.3 Å². The smallest absolute Gasteiger partial charge is 0.419 e. The van der Waals surface area contributed by atoms with E-state index in [1.54, 1.807) is 60.7 Å². The monoisotopic (exact) mass is 1340 g/mol. The Morgan fingerprint density at radius 2 is 0.950 bits per heavy atom. The number of amides is 2. The first kappa shape index (κ1) is 64.4. The number of phenols is 1. The van der Waals surface area contributed by atoms with Gasteiger partial charge in [-0.1, -0.05) is 91.3 Å². The van der Waals surface area contributed by atoms with Gasteiger partial charge in [-0.05, 0) is 107 Å². The number of carbonyl (C=O) groups excluding carboxylic acids is 2. The quantitative estimate of drug-likeness (QED) is 0.0783. The summed E-state index contributed by atoms with van der Waals surface area (Å²) in [6, 6.07) is 34.3. The van der Waals surface area contributed by atoms with Crippen molar-refractivity contribution in [3.05, 3.63) is 259 Å². The van der Waals surface area contributed by atoms with Crippen molar-refractivity contribution in [1.82, 2.24) is 20.6 Å². The molecule has 0 spiro atoms. The fraction of sp³-hybridized carbons (Fsp3) is 0.143. The number of halogens is 15. The fourth-order valence-electron chi connectivity index (χ4n) is 8.15. The maximum atomic E-state index is 14.8. The number of aromatic hydroxyl groups is 1. The predicted octanol–water partition coefficient (Wildman–Crippen LogP) is 16.4. The van der Waals surface area contributed by atoms with Gasteiger partial charge in [0, 0.05) is 48.5 Å². The van der Waals surface area contributed by atoms with Crippen molar-refractivity contribution in [2.75, 3.05) is 7.11 Å². The maximum absolute atomic E-state index is 14.8. The Morgan fingerprint density at radius 1 is 0.562 bits per heavy atom. The third-order valence-electron chi connectivity index (χ3n) is 11.7. The van der Waals surface area contributed by atoms with Crippen LogP contribution in [0, 0.1) is 23.3 Å². The molecule has 3 N–H and O–H groups in total. The average molecular weight is 1350 g/mol. The summed E-state index contributed by atoms with van der Waals surface area (Å²) in [5, 5.41) is 16.2. The third-order valence-corrected chi connectivity index (χ3v) is 12.1. The molecule has 0 radical (unpaired) electrons. The van der Waals surface area contributed by atoms with E-state index in [9.17, 15) is 58.6 Å². The largest absolute Gasteiger partial charge is 0.508 e. The van der Waals surface area contributed by atoms with Crippen molar-refractivity contribution in [3.63, 3.8) is 0 Å². The summed E-state index contributed by atoms with van der Waals surface area (Å²) in [7, 11) is 1.34. The van der Waals surface area contributed by atoms with Crippen LogP contribution in [0.3, 0.4) is 0 Å². The Labute approximate surface area is 487 Å². The van der Waals surface area contributed by atoms with Gasteiger partial charge in [-0.3, -0.25) is 19.6 Å². The minimum absolute atomic E-state index is 0. The molecular weight excluding hydrogens is 1300 g/mol. The lowest BCUT2D eigenvalue weighted by Gasteiger charge is -2.36. The summed E-state index contributed by atoms with van der Waals surface area (Å²) in [6.45, 7) is 0. The van der Waals surface area contributed by atoms with Crippen molar-refractivity contribution in [2.45, 2.75) is 43.7 Å². The number of phenolic OH excluding ortho intramolecular Hbond substituents is 1. The Bertz CT molecular complexity index is 3370. The Balaban J connectivity index is 0.000000272. The fourth-order valence-corrected chi connectivity index (χ4v) is 8.37. The van der Waals surface area contributed by atoms with E-state index in [0.29, 0.717) is 40.4 Å². The van der Waals surface area contributed by atoms with Crippen LogP contribution in [0.5, 0.6) is 11.5 Å². The van der Waals surface area contributed by atoms with E-state index < -0.39 is 86.5 Å². The number of ether oxygens (including phenoxy) is 1. The molecule has 6 aromatic carbocycles. The lowest BCUT2D eigenvalue weighted by molar-refractivity contribution is -0.140. The first-order valence-electron chi connectivity index (χ1n) is 22.7. The molecule has 80 heavy (non-hydrogen) atoms. The number of nitrogens with zero attached hydrogens (tertiary/aromatic N) is 2. The zero-order valence-electron chi connectivity index (χ0n) is 40.4. The number of rotatable bonds is 13. The van der Waals surface area contributed by atoms with Crippen LogP contribution in [0.4, 0.5) is 43.9 Å². The van der Waals surface area contributed by atoms with Gasteiger partial charge in [0.1, 0.15) is 45.8 Å². The summed E-state index contributed by atoms with van der Waals surface area (Å²) in [5.74, 6) is -6.84. The zero-order valence-corrected chi connectivity index (χ0v) is 46.7. The van der Waals surface area contributed by atoms with E-state index in [0.717, 1.165) is 30.3 Å². The van der Waals surface area contributed by atoms with Gasteiger partial charge in [0.15, 0.2) is 0 Å². The number of hydrogen-bond donors (Lipinski definition) is 3. The number of alkyl halides is 6. The summed E-state index contributed by atoms with van der Waals surface area (Å²) >= 11 is 21.4. The van der Waals surface area contributed by atoms with Crippen LogP contribution in [0.1, 0.15) is 72.9 Å². The number of benzene rings is 6. The van der Waals surface area contributed by atoms with Gasteiger partial charge in [-0.15, -0.1) is 47.3 Å². The zero-order chi connectivity index (χ0) is 57.9. The minimum Gasteiger partial charge on any atom is -0.508 e. The van der Waals surface area contributed by atoms with Crippen LogP contribution in [0.2, 0.25) is 10.0 Å². The Kier molecular flexibility index (Phi) is 22.4. The summed E-state index contributed by atoms with van der Waals surface area (Å²) in [4.78, 5) is 35.6. The second-order valence-corrected chi connectivity index (χ2v) is 24.3. The van der Waals surface area contributed by atoms with E-state index in [2.05, 4.69) is 67.9 Å². The second-order valence-electron chi connectivity index (χ2n) is 17.0. The van der Waals surface area contributed by atoms with Gasteiger partial charge < -0.3 is 20.5 Å². The lowest BCUT2D eigenvalue weighted by atomic mass is 9.80. The van der Waals surface area contributed by atoms with Gasteiger partial charge >= 0.3 is 15.5 Å². The van der Waals surface area contributed by atoms with Gasteiger partial charge in [-0.25, -0.2) is 17.6 Å². The number of aromatic nitrogens is 2. The molecule has 0 unspecified atom stereocenters. The molecule has 0 saturated carbocycles. The number of pyridine rings is 2. The summed E-state index contributed by atoms with van der Waals surface area (Å²) < 4.78 is 143. The maximum Gasteiger partial charge on any atom is 0.419 e. The van der Waals surface area contributed by atoms with Crippen LogP contribution in [-0.2, 0) is 36.3 Å². The molecule has 0 fully saturated rings. The standard InChI is InChI=1S/C28H20ClF5N2O2.C27H18ClF5N2O2.CH4.BBr3/c1-38-22-13-19(12-21(30)14-22)27(15-17-5-3-2-4-6-17,25-10-8-20(29)16-35-25)36-26(37)18-7-9-24(31)23(11-18)28(32,33)34;28-19-7-9-24(34-15-19)26(14-16-4-2-1-3-5-16,18-11-20(29)13-21(36)12-18)35-25(37)17-6-8-23(30)22(10-17)27(31,32)33;;2-1(3)4/h2-14,16H,15H2,1H3,(H,36,37);1-13,15,36H,14H2,(H,35,37);1H4;/t27-;26-;;/m00../s1. The molecule has 0 aliphatic carbocycles. The molecule has 0 aliphatic heterocycles. The van der Waals surface area contributed by atoms with E-state index >= 15 is 0 Å². The van der Waals surface area contributed by atoms with Crippen molar-refractivity contribution in [2.24, 2.45) is 0 Å². The highest BCUT2D eigenvalue weighted by Crippen LogP contribution is 2.39. The number of hydrogen-bond acceptors (Lipinski definition) is 6. The van der Waals surface area contributed by atoms with E-state index in [-0.39, 0.29) is 56.7 Å². The van der Waals surface area contributed by atoms with Crippen LogP contribution >= 0.6 is 70.5 Å². The molecule has 2 atom stereocenters. The molecule has 0 aliphatic rings. The van der Waals surface area contributed by atoms with Crippen LogP contribution in [-0.4, -0.2) is 37.2 Å². The van der Waals surface area contributed by atoms with Crippen molar-refractivity contribution in [3.8, 4) is 11.5 Å². The van der Waals surface area contributed by atoms with Crippen LogP contribution in [0.25, 0.3) is 0 Å². The summed E-state index contributed by atoms with van der Waals surface area (Å²) in [6.07, 6.45) is -7.44. The molecule has 8 rings (SSSR count). The minimum atomic E-state index is -5.03. The van der Waals surface area contributed by atoms with Crippen molar-refractivity contribution < 1.29 is 63.3 Å². The molecule has 2 amide bonds. The molecule has 0 bridgehead atoms. The molecule has 24 heteroatoms. The normalized spacial score (nSPS) is 12.6. The average Bonchev–Trinajstić information content (AvgIpc) is 3.51. The van der Waals surface area contributed by atoms with Crippen molar-refractivity contribution >= 4 is 85.5 Å². The van der Waals surface area contributed by atoms with Gasteiger partial charge in [0.05, 0.1) is 39.7 Å². The highest BCUT2D eigenvalue weighted by molar-refractivity contribution is 9.69. The predicted molar refractivity (Wildman–Crippen MR) is 298 cm³/mol. The first-order chi connectivity index (χ1) is 37.2. The molecule has 8 aromatic rings. The molecule has 2 aromatic heterocycles. The Morgan fingerprint density at radius 3 is 1.30 bits per heavy atom. The van der Waals surface area contributed by atoms with Crippen LogP contribution < -0.4 is 15.4 Å². The highest BCUT2D eigenvalue weighted by atomic mass is 79.9. The number of carbonyl (C=O) groups is 2. The van der Waals surface area contributed by atoms with Crippen LogP contribution in [0.15, 0.2) is 170 Å². The van der Waals surface area contributed by atoms with Gasteiger partial charge in [0.25, 0.3) is 11.8 Å². The van der Waals surface area contributed by atoms with E-state index in [1.807, 2.05) is 0 Å². The molecule has 8 nitrogen and oxygen atoms in total. The first-order valence-corrected chi connectivity index (χ1v) is 26.2. The van der Waals surface area contributed by atoms with E-state index in [4.69, 9.17) is 27.9 Å². The molecule has 2 heterocycles. The van der Waals surface area contributed by atoms with Crippen molar-refractivity contribution in [1.29, 1.82) is 0 Å². The second kappa shape index (κ2) is 27.8. The third kappa shape index (κ3) is 16.8. The van der Waals surface area contributed by atoms with E-state index in [1.165, 1.54) is 62.0 Å². The summed E-state index contributed by atoms with van der Waals surface area (Å²) in [5.41, 5.74) is -5.41. The Hall–Kier alpha value is -6.46. The number of nitrogens with one attached hydrogen (secondary N) is 2. The molecular formula is C56H42BBr3Cl2F10N4O4. The number of methoxy groups -OCH3 is 1. The highest BCUT2D eigenvalue weighted by Gasteiger charge is 2.42. The lowest BCUT2D eigenvalue weighted by Crippen LogP contribution is -2.49. The topological polar surface area (TPSA) is 113 Å². The SMILES string of the molecule is BrB(Br)Br.C.COc1cc(F)cc([C@](Cc2ccccc2)(NC(=O)c2ccc(F)c(C(F)(F)F)c2)c2ccc(Cl)cn2)c1.O=C(N[C@@](Cc1ccccc1)(c1cc(O)cc(F)c1)c1ccc(Cl)cn1)c1ccc(F)c(C(F)(F)F)c1. The molecule has 418 valence electrons.